The van der Waals surface area contributed by atoms with Crippen LogP contribution in [0, 0.1) is 0 Å². The Kier molecular flexibility index (Phi) is 4.86. The van der Waals surface area contributed by atoms with Gasteiger partial charge in [-0.2, -0.15) is 0 Å². The molecule has 1 N–H and O–H groups in total. The second-order valence-corrected chi connectivity index (χ2v) is 4.85. The number of carbonyl (C=O) groups excluding carboxylic acids is 1. The van der Waals surface area contributed by atoms with Crippen LogP contribution in [0.5, 0.6) is 0 Å². The largest absolute Gasteiger partial charge is 0.480 e. The first-order valence-corrected chi connectivity index (χ1v) is 6.20. The van der Waals surface area contributed by atoms with Crippen LogP contribution < -0.4 is 0 Å². The van der Waals surface area contributed by atoms with Crippen molar-refractivity contribution in [3.63, 3.8) is 0 Å². The molecule has 0 radical (unpaired) electrons. The van der Waals surface area contributed by atoms with E-state index >= 15 is 0 Å². The Morgan fingerprint density at radius 3 is 2.50 bits per heavy atom. The summed E-state index contributed by atoms with van der Waals surface area (Å²) in [4.78, 5) is 24.8. The van der Waals surface area contributed by atoms with Crippen LogP contribution in [-0.2, 0) is 11.3 Å². The number of carbonyl (C=O) groups is 2. The number of halogens is 2. The van der Waals surface area contributed by atoms with Gasteiger partial charge in [-0.25, -0.2) is 13.6 Å². The van der Waals surface area contributed by atoms with Crippen molar-refractivity contribution in [1.29, 1.82) is 0 Å². The summed E-state index contributed by atoms with van der Waals surface area (Å²) in [5, 5.41) is 9.18. The number of nitrogens with zero attached hydrogens (tertiary/aromatic N) is 2. The Labute approximate surface area is 115 Å². The number of aliphatic carboxylic acids is 1. The van der Waals surface area contributed by atoms with Gasteiger partial charge in [0.15, 0.2) is 0 Å². The predicted octanol–water partition coefficient (Wildman–Crippen LogP) is 2.08. The van der Waals surface area contributed by atoms with Crippen LogP contribution in [0.4, 0.5) is 8.78 Å². The fourth-order valence-corrected chi connectivity index (χ4v) is 1.96. The summed E-state index contributed by atoms with van der Waals surface area (Å²) in [6.07, 6.45) is -1.21. The fraction of sp³-hybridized carbons (Fsp3) is 0.538. The molecule has 20 heavy (non-hydrogen) atoms. The summed E-state index contributed by atoms with van der Waals surface area (Å²) in [7, 11) is 0. The van der Waals surface area contributed by atoms with E-state index in [9.17, 15) is 23.5 Å². The Hall–Kier alpha value is -1.92. The molecule has 1 aromatic heterocycles. The van der Waals surface area contributed by atoms with Crippen LogP contribution in [0.3, 0.4) is 0 Å². The monoisotopic (exact) mass is 288 g/mol. The lowest BCUT2D eigenvalue weighted by molar-refractivity contribution is -0.147. The van der Waals surface area contributed by atoms with E-state index < -0.39 is 30.4 Å². The number of alkyl halides is 2. The molecule has 0 aliphatic heterocycles. The average Bonchev–Trinajstić information content (AvgIpc) is 2.76. The molecule has 0 spiro atoms. The average molecular weight is 288 g/mol. The van der Waals surface area contributed by atoms with Crippen molar-refractivity contribution in [2.45, 2.75) is 39.3 Å². The van der Waals surface area contributed by atoms with Gasteiger partial charge in [0.25, 0.3) is 12.3 Å². The molecule has 1 heterocycles. The summed E-state index contributed by atoms with van der Waals surface area (Å²) in [5.41, 5.74) is -1.35. The molecular formula is C13H18F2N2O3. The minimum Gasteiger partial charge on any atom is -0.480 e. The molecule has 0 bridgehead atoms. The number of carboxylic acid groups (broad SMARTS) is 1. The molecule has 0 aliphatic rings. The minimum absolute atomic E-state index is 0.0569. The number of aromatic nitrogens is 1. The molecular weight excluding hydrogens is 270 g/mol. The van der Waals surface area contributed by atoms with Crippen LogP contribution >= 0.6 is 0 Å². The number of carboxylic acids is 1. The van der Waals surface area contributed by atoms with Gasteiger partial charge in [0.1, 0.15) is 11.2 Å². The molecule has 1 rings (SSSR count). The Morgan fingerprint density at radius 2 is 2.05 bits per heavy atom. The van der Waals surface area contributed by atoms with Gasteiger partial charge in [0.05, 0.1) is 6.54 Å². The van der Waals surface area contributed by atoms with E-state index in [4.69, 9.17) is 0 Å². The van der Waals surface area contributed by atoms with Crippen LogP contribution in [0.2, 0.25) is 0 Å². The number of likely N-dealkylation sites (N-methyl/N-ethyl adjacent to an activating group) is 1. The first-order valence-electron chi connectivity index (χ1n) is 6.20. The SMILES string of the molecule is CCN(C(=O)c1cccn1CC(F)F)C(C)(C)C(=O)O. The number of hydrogen-bond donors (Lipinski definition) is 1. The maximum absolute atomic E-state index is 12.4. The van der Waals surface area contributed by atoms with Gasteiger partial charge in [-0.1, -0.05) is 0 Å². The second kappa shape index (κ2) is 6.02. The van der Waals surface area contributed by atoms with E-state index in [2.05, 4.69) is 0 Å². The van der Waals surface area contributed by atoms with Crippen LogP contribution in [-0.4, -0.2) is 45.0 Å². The highest BCUT2D eigenvalue weighted by Gasteiger charge is 2.38. The van der Waals surface area contributed by atoms with Crippen molar-refractivity contribution < 1.29 is 23.5 Å². The van der Waals surface area contributed by atoms with Gasteiger partial charge in [-0.05, 0) is 32.9 Å². The van der Waals surface area contributed by atoms with E-state index in [0.717, 1.165) is 9.47 Å². The summed E-state index contributed by atoms with van der Waals surface area (Å²) >= 11 is 0. The summed E-state index contributed by atoms with van der Waals surface area (Å²) in [6, 6.07) is 2.89. The quantitative estimate of drug-likeness (QED) is 0.871. The van der Waals surface area contributed by atoms with Gasteiger partial charge in [0, 0.05) is 12.7 Å². The summed E-state index contributed by atoms with van der Waals surface area (Å²) in [6.45, 7) is 4.01. The molecule has 0 aromatic carbocycles. The van der Waals surface area contributed by atoms with Gasteiger partial charge in [-0.15, -0.1) is 0 Å². The molecule has 0 fully saturated rings. The normalized spacial score (nSPS) is 11.7. The molecule has 1 aromatic rings. The Morgan fingerprint density at radius 1 is 1.45 bits per heavy atom. The van der Waals surface area contributed by atoms with Crippen molar-refractivity contribution >= 4 is 11.9 Å². The van der Waals surface area contributed by atoms with Crippen LogP contribution in [0.25, 0.3) is 0 Å². The van der Waals surface area contributed by atoms with E-state index in [-0.39, 0.29) is 12.2 Å². The van der Waals surface area contributed by atoms with Crippen molar-refractivity contribution in [2.75, 3.05) is 6.54 Å². The Bertz CT molecular complexity index is 498. The molecule has 0 saturated heterocycles. The standard InChI is InChI=1S/C13H18F2N2O3/c1-4-17(13(2,3)12(19)20)11(18)9-6-5-7-16(9)8-10(14)15/h5-7,10H,4,8H2,1-3H3,(H,19,20). The first-order chi connectivity index (χ1) is 9.21. The molecule has 112 valence electrons. The summed E-state index contributed by atoms with van der Waals surface area (Å²) in [5.74, 6) is -1.73. The summed E-state index contributed by atoms with van der Waals surface area (Å²) < 4.78 is 26.0. The fourth-order valence-electron chi connectivity index (χ4n) is 1.96. The zero-order valence-electron chi connectivity index (χ0n) is 11.6. The third-order valence-electron chi connectivity index (χ3n) is 3.14. The maximum Gasteiger partial charge on any atom is 0.329 e. The van der Waals surface area contributed by atoms with Crippen molar-refractivity contribution in [3.8, 4) is 0 Å². The number of rotatable bonds is 6. The zero-order chi connectivity index (χ0) is 15.5. The van der Waals surface area contributed by atoms with Gasteiger partial charge >= 0.3 is 5.97 Å². The molecule has 0 atom stereocenters. The predicted molar refractivity (Wildman–Crippen MR) is 68.9 cm³/mol. The smallest absolute Gasteiger partial charge is 0.329 e. The number of hydrogen-bond acceptors (Lipinski definition) is 2. The Balaban J connectivity index is 3.10. The van der Waals surface area contributed by atoms with E-state index in [1.165, 1.54) is 32.2 Å². The molecule has 1 amide bonds. The van der Waals surface area contributed by atoms with Crippen LogP contribution in [0.1, 0.15) is 31.3 Å². The van der Waals surface area contributed by atoms with E-state index in [0.29, 0.717) is 0 Å². The van der Waals surface area contributed by atoms with Gasteiger partial charge in [0.2, 0.25) is 0 Å². The third kappa shape index (κ3) is 3.15. The lowest BCUT2D eigenvalue weighted by Crippen LogP contribution is -2.53. The third-order valence-corrected chi connectivity index (χ3v) is 3.14. The van der Waals surface area contributed by atoms with Gasteiger partial charge in [-0.3, -0.25) is 4.79 Å². The molecule has 0 saturated carbocycles. The van der Waals surface area contributed by atoms with Crippen molar-refractivity contribution in [1.82, 2.24) is 9.47 Å². The maximum atomic E-state index is 12.4. The highest BCUT2D eigenvalue weighted by molar-refractivity contribution is 5.96. The molecule has 0 unspecified atom stereocenters. The lowest BCUT2D eigenvalue weighted by Gasteiger charge is -2.34. The molecule has 0 aliphatic carbocycles. The van der Waals surface area contributed by atoms with Gasteiger partial charge < -0.3 is 14.6 Å². The van der Waals surface area contributed by atoms with E-state index in [1.807, 2.05) is 0 Å². The van der Waals surface area contributed by atoms with Crippen molar-refractivity contribution in [3.05, 3.63) is 24.0 Å². The van der Waals surface area contributed by atoms with Crippen molar-refractivity contribution in [2.24, 2.45) is 0 Å². The minimum atomic E-state index is -2.59. The zero-order valence-corrected chi connectivity index (χ0v) is 11.6. The topological polar surface area (TPSA) is 62.5 Å². The van der Waals surface area contributed by atoms with Crippen LogP contribution in [0.15, 0.2) is 18.3 Å². The highest BCUT2D eigenvalue weighted by Crippen LogP contribution is 2.19. The number of amides is 1. The lowest BCUT2D eigenvalue weighted by atomic mass is 10.0. The molecule has 7 heteroatoms. The first kappa shape index (κ1) is 16.1. The highest BCUT2D eigenvalue weighted by atomic mass is 19.3. The molecule has 5 nitrogen and oxygen atoms in total. The van der Waals surface area contributed by atoms with E-state index in [1.54, 1.807) is 6.92 Å². The second-order valence-electron chi connectivity index (χ2n) is 4.85.